The Balaban J connectivity index is 3.17. The zero-order chi connectivity index (χ0) is 9.84. The standard InChI is InChI=1S/C9H10FNO2/c1-11-5-7-6(9(12)13)3-2-4-8(7)10/h2-4,11H,5H2,1H3,(H,12,13). The van der Waals surface area contributed by atoms with Gasteiger partial charge in [-0.05, 0) is 19.2 Å². The van der Waals surface area contributed by atoms with Crippen molar-refractivity contribution in [1.82, 2.24) is 5.32 Å². The normalized spacial score (nSPS) is 10.0. The molecule has 0 saturated carbocycles. The van der Waals surface area contributed by atoms with Crippen LogP contribution in [0.1, 0.15) is 15.9 Å². The highest BCUT2D eigenvalue weighted by molar-refractivity contribution is 5.89. The zero-order valence-electron chi connectivity index (χ0n) is 7.17. The molecule has 2 N–H and O–H groups in total. The SMILES string of the molecule is CNCc1c(F)cccc1C(=O)O. The summed E-state index contributed by atoms with van der Waals surface area (Å²) in [6.45, 7) is 0.217. The number of nitrogens with one attached hydrogen (secondary N) is 1. The highest BCUT2D eigenvalue weighted by Gasteiger charge is 2.12. The van der Waals surface area contributed by atoms with Crippen LogP contribution in [-0.2, 0) is 6.54 Å². The average molecular weight is 183 g/mol. The van der Waals surface area contributed by atoms with Gasteiger partial charge in [0.1, 0.15) is 5.82 Å². The Bertz CT molecular complexity index is 325. The van der Waals surface area contributed by atoms with Gasteiger partial charge in [0.25, 0.3) is 0 Å². The van der Waals surface area contributed by atoms with Gasteiger partial charge >= 0.3 is 5.97 Å². The number of halogens is 1. The van der Waals surface area contributed by atoms with E-state index in [0.717, 1.165) is 0 Å². The maximum atomic E-state index is 13.1. The molecule has 0 aliphatic heterocycles. The molecule has 0 spiro atoms. The third-order valence-corrected chi connectivity index (χ3v) is 1.70. The molecule has 1 rings (SSSR count). The van der Waals surface area contributed by atoms with Gasteiger partial charge in [-0.25, -0.2) is 9.18 Å². The molecule has 0 radical (unpaired) electrons. The van der Waals surface area contributed by atoms with Crippen molar-refractivity contribution in [2.24, 2.45) is 0 Å². The van der Waals surface area contributed by atoms with E-state index in [9.17, 15) is 9.18 Å². The number of aromatic carboxylic acids is 1. The summed E-state index contributed by atoms with van der Waals surface area (Å²) in [4.78, 5) is 10.7. The number of carboxylic acid groups (broad SMARTS) is 1. The predicted octanol–water partition coefficient (Wildman–Crippen LogP) is 1.24. The van der Waals surface area contributed by atoms with Crippen molar-refractivity contribution >= 4 is 5.97 Å². The molecule has 0 aliphatic carbocycles. The van der Waals surface area contributed by atoms with E-state index in [1.54, 1.807) is 7.05 Å². The van der Waals surface area contributed by atoms with Crippen molar-refractivity contribution in [3.63, 3.8) is 0 Å². The van der Waals surface area contributed by atoms with Gasteiger partial charge in [-0.3, -0.25) is 0 Å². The van der Waals surface area contributed by atoms with Gasteiger partial charge in [0, 0.05) is 12.1 Å². The number of carbonyl (C=O) groups is 1. The third-order valence-electron chi connectivity index (χ3n) is 1.70. The minimum absolute atomic E-state index is 0.00866. The Morgan fingerprint density at radius 1 is 1.62 bits per heavy atom. The van der Waals surface area contributed by atoms with Crippen LogP contribution in [0.5, 0.6) is 0 Å². The summed E-state index contributed by atoms with van der Waals surface area (Å²) in [5.74, 6) is -1.60. The molecule has 0 atom stereocenters. The van der Waals surface area contributed by atoms with Gasteiger partial charge in [-0.15, -0.1) is 0 Å². The quantitative estimate of drug-likeness (QED) is 0.741. The minimum atomic E-state index is -1.11. The number of hydrogen-bond donors (Lipinski definition) is 2. The average Bonchev–Trinajstić information content (AvgIpc) is 2.08. The first-order chi connectivity index (χ1) is 6.16. The summed E-state index contributed by atoms with van der Waals surface area (Å²) >= 11 is 0. The Morgan fingerprint density at radius 3 is 2.85 bits per heavy atom. The van der Waals surface area contributed by atoms with E-state index in [1.165, 1.54) is 18.2 Å². The Labute approximate surface area is 75.2 Å². The predicted molar refractivity (Wildman–Crippen MR) is 46.1 cm³/mol. The fourth-order valence-electron chi connectivity index (χ4n) is 1.12. The summed E-state index contributed by atoms with van der Waals surface area (Å²) in [5.41, 5.74) is 0.201. The maximum absolute atomic E-state index is 13.1. The van der Waals surface area contributed by atoms with Gasteiger partial charge in [0.05, 0.1) is 5.56 Å². The smallest absolute Gasteiger partial charge is 0.336 e. The van der Waals surface area contributed by atoms with E-state index < -0.39 is 11.8 Å². The molecule has 13 heavy (non-hydrogen) atoms. The van der Waals surface area contributed by atoms with E-state index >= 15 is 0 Å². The van der Waals surface area contributed by atoms with Crippen LogP contribution in [0.25, 0.3) is 0 Å². The Hall–Kier alpha value is -1.42. The molecule has 4 heteroatoms. The second-order valence-electron chi connectivity index (χ2n) is 2.60. The second kappa shape index (κ2) is 4.00. The van der Waals surface area contributed by atoms with E-state index in [0.29, 0.717) is 0 Å². The molecule has 0 saturated heterocycles. The summed E-state index contributed by atoms with van der Waals surface area (Å²) in [5, 5.41) is 11.4. The molecule has 3 nitrogen and oxygen atoms in total. The van der Waals surface area contributed by atoms with Gasteiger partial charge in [-0.2, -0.15) is 0 Å². The highest BCUT2D eigenvalue weighted by Crippen LogP contribution is 2.13. The van der Waals surface area contributed by atoms with Crippen molar-refractivity contribution in [3.8, 4) is 0 Å². The summed E-state index contributed by atoms with van der Waals surface area (Å²) in [7, 11) is 1.64. The molecule has 0 amide bonds. The first kappa shape index (κ1) is 9.67. The van der Waals surface area contributed by atoms with Gasteiger partial charge < -0.3 is 10.4 Å². The van der Waals surface area contributed by atoms with Crippen molar-refractivity contribution in [1.29, 1.82) is 0 Å². The van der Waals surface area contributed by atoms with Crippen LogP contribution in [0, 0.1) is 5.82 Å². The summed E-state index contributed by atoms with van der Waals surface area (Å²) in [6, 6.07) is 4.02. The molecule has 0 aliphatic rings. The number of rotatable bonds is 3. The van der Waals surface area contributed by atoms with Crippen molar-refractivity contribution in [2.45, 2.75) is 6.54 Å². The minimum Gasteiger partial charge on any atom is -0.478 e. The number of benzene rings is 1. The lowest BCUT2D eigenvalue weighted by molar-refractivity contribution is 0.0695. The molecule has 0 heterocycles. The molecular formula is C9H10FNO2. The summed E-state index contributed by atoms with van der Waals surface area (Å²) < 4.78 is 13.1. The van der Waals surface area contributed by atoms with Crippen LogP contribution in [0.15, 0.2) is 18.2 Å². The summed E-state index contributed by atoms with van der Waals surface area (Å²) in [6.07, 6.45) is 0. The zero-order valence-corrected chi connectivity index (χ0v) is 7.17. The third kappa shape index (κ3) is 2.03. The number of hydrogen-bond acceptors (Lipinski definition) is 2. The van der Waals surface area contributed by atoms with Gasteiger partial charge in [-0.1, -0.05) is 6.07 Å². The molecular weight excluding hydrogens is 173 g/mol. The first-order valence-electron chi connectivity index (χ1n) is 3.82. The lowest BCUT2D eigenvalue weighted by Gasteiger charge is -2.05. The Morgan fingerprint density at radius 2 is 2.31 bits per heavy atom. The van der Waals surface area contributed by atoms with Gasteiger partial charge in [0.2, 0.25) is 0 Å². The maximum Gasteiger partial charge on any atom is 0.336 e. The van der Waals surface area contributed by atoms with Crippen LogP contribution in [-0.4, -0.2) is 18.1 Å². The first-order valence-corrected chi connectivity index (χ1v) is 3.82. The van der Waals surface area contributed by atoms with Crippen LogP contribution in [0.4, 0.5) is 4.39 Å². The molecule has 1 aromatic rings. The second-order valence-corrected chi connectivity index (χ2v) is 2.60. The molecule has 70 valence electrons. The van der Waals surface area contributed by atoms with Crippen molar-refractivity contribution in [3.05, 3.63) is 35.1 Å². The van der Waals surface area contributed by atoms with Crippen molar-refractivity contribution < 1.29 is 14.3 Å². The van der Waals surface area contributed by atoms with E-state index in [2.05, 4.69) is 5.32 Å². The van der Waals surface area contributed by atoms with E-state index in [4.69, 9.17) is 5.11 Å². The molecule has 0 aromatic heterocycles. The molecule has 0 fully saturated rings. The van der Waals surface area contributed by atoms with E-state index in [-0.39, 0.29) is 17.7 Å². The fourth-order valence-corrected chi connectivity index (χ4v) is 1.12. The van der Waals surface area contributed by atoms with E-state index in [1.807, 2.05) is 0 Å². The van der Waals surface area contributed by atoms with Gasteiger partial charge in [0.15, 0.2) is 0 Å². The number of carboxylic acids is 1. The van der Waals surface area contributed by atoms with Crippen LogP contribution in [0.3, 0.4) is 0 Å². The largest absolute Gasteiger partial charge is 0.478 e. The highest BCUT2D eigenvalue weighted by atomic mass is 19.1. The topological polar surface area (TPSA) is 49.3 Å². The Kier molecular flexibility index (Phi) is 2.97. The molecule has 1 aromatic carbocycles. The van der Waals surface area contributed by atoms with Crippen molar-refractivity contribution in [2.75, 3.05) is 7.05 Å². The van der Waals surface area contributed by atoms with Crippen LogP contribution < -0.4 is 5.32 Å². The monoisotopic (exact) mass is 183 g/mol. The van der Waals surface area contributed by atoms with Crippen LogP contribution >= 0.6 is 0 Å². The molecule has 0 bridgehead atoms. The van der Waals surface area contributed by atoms with Crippen LogP contribution in [0.2, 0.25) is 0 Å². The lowest BCUT2D eigenvalue weighted by atomic mass is 10.1. The fraction of sp³-hybridized carbons (Fsp3) is 0.222. The lowest BCUT2D eigenvalue weighted by Crippen LogP contribution is -2.12. The molecule has 0 unspecified atom stereocenters.